The van der Waals surface area contributed by atoms with Crippen molar-refractivity contribution in [3.05, 3.63) is 18.1 Å². The Bertz CT molecular complexity index is 653. The van der Waals surface area contributed by atoms with E-state index < -0.39 is 11.9 Å². The number of anilines is 1. The van der Waals surface area contributed by atoms with Gasteiger partial charge in [-0.3, -0.25) is 4.79 Å². The molecule has 0 unspecified atom stereocenters. The van der Waals surface area contributed by atoms with Crippen LogP contribution >= 0.6 is 0 Å². The highest BCUT2D eigenvalue weighted by Gasteiger charge is 2.42. The highest BCUT2D eigenvalue weighted by Crippen LogP contribution is 2.37. The molecule has 6 nitrogen and oxygen atoms in total. The Labute approximate surface area is 150 Å². The van der Waals surface area contributed by atoms with Crippen molar-refractivity contribution in [2.24, 2.45) is 11.8 Å². The van der Waals surface area contributed by atoms with Gasteiger partial charge in [0.25, 0.3) is 0 Å². The molecule has 2 saturated heterocycles. The first-order chi connectivity index (χ1) is 12.2. The second-order valence-electron chi connectivity index (χ2n) is 7.22. The number of fused-ring (bicyclic) bond motifs is 1. The van der Waals surface area contributed by atoms with E-state index in [9.17, 15) is 18.0 Å². The van der Waals surface area contributed by atoms with Gasteiger partial charge in [0.15, 0.2) is 0 Å². The molecule has 2 aliphatic rings. The Hall–Kier alpha value is -1.90. The van der Waals surface area contributed by atoms with E-state index in [-0.39, 0.29) is 35.7 Å². The monoisotopic (exact) mass is 372 g/mol. The molecular weight excluding hydrogens is 349 g/mol. The number of carbonyl (C=O) groups excluding carboxylic acids is 1. The first kappa shape index (κ1) is 18.9. The first-order valence-corrected chi connectivity index (χ1v) is 8.79. The molecule has 0 radical (unpaired) electrons. The van der Waals surface area contributed by atoms with Crippen molar-refractivity contribution >= 4 is 11.7 Å². The number of nitrogens with one attached hydrogen (secondary N) is 1. The molecule has 9 heteroatoms. The van der Waals surface area contributed by atoms with E-state index in [2.05, 4.69) is 15.3 Å². The van der Waals surface area contributed by atoms with E-state index in [1.165, 1.54) is 0 Å². The van der Waals surface area contributed by atoms with Gasteiger partial charge in [-0.2, -0.15) is 13.2 Å². The van der Waals surface area contributed by atoms with Crippen LogP contribution in [0.5, 0.6) is 0 Å². The number of hydrogen-bond acceptors (Lipinski definition) is 5. The number of rotatable bonds is 4. The standard InChI is InChI=1S/C17H23F3N4O2/c1-10(2)23-16(25)5-13-12-3-4-24(7-11(12)8-26-13)15-6-14(17(18,19)20)21-9-22-15/h6,9-13H,3-5,7-8H2,1-2H3,(H,23,25)/t11-,12-,13+/m1/s1. The summed E-state index contributed by atoms with van der Waals surface area (Å²) in [5.41, 5.74) is -0.935. The average Bonchev–Trinajstić information content (AvgIpc) is 2.95. The summed E-state index contributed by atoms with van der Waals surface area (Å²) in [6.07, 6.45) is -2.58. The Balaban J connectivity index is 1.62. The van der Waals surface area contributed by atoms with Crippen molar-refractivity contribution in [3.8, 4) is 0 Å². The van der Waals surface area contributed by atoms with Gasteiger partial charge in [-0.1, -0.05) is 0 Å². The molecule has 0 saturated carbocycles. The minimum atomic E-state index is -4.48. The van der Waals surface area contributed by atoms with Crippen molar-refractivity contribution in [2.45, 2.75) is 45.0 Å². The molecule has 0 bridgehead atoms. The third-order valence-corrected chi connectivity index (χ3v) is 4.90. The maximum atomic E-state index is 12.8. The predicted octanol–water partition coefficient (Wildman–Crippen LogP) is 2.25. The Kier molecular flexibility index (Phi) is 5.36. The number of carbonyl (C=O) groups is 1. The molecule has 1 aromatic heterocycles. The molecule has 1 amide bonds. The summed E-state index contributed by atoms with van der Waals surface area (Å²) in [6.45, 7) is 5.48. The van der Waals surface area contributed by atoms with Gasteiger partial charge < -0.3 is 15.0 Å². The third kappa shape index (κ3) is 4.25. The van der Waals surface area contributed by atoms with Crippen molar-refractivity contribution in [1.29, 1.82) is 0 Å². The molecule has 3 rings (SSSR count). The van der Waals surface area contributed by atoms with Gasteiger partial charge in [-0.15, -0.1) is 0 Å². The molecule has 26 heavy (non-hydrogen) atoms. The number of ether oxygens (including phenoxy) is 1. The van der Waals surface area contributed by atoms with Crippen molar-refractivity contribution in [3.63, 3.8) is 0 Å². The molecule has 0 aliphatic carbocycles. The number of piperidine rings is 1. The number of amides is 1. The lowest BCUT2D eigenvalue weighted by molar-refractivity contribution is -0.141. The smallest absolute Gasteiger partial charge is 0.377 e. The summed E-state index contributed by atoms with van der Waals surface area (Å²) < 4.78 is 44.4. The third-order valence-electron chi connectivity index (χ3n) is 4.90. The largest absolute Gasteiger partial charge is 0.433 e. The molecule has 144 valence electrons. The van der Waals surface area contributed by atoms with Crippen LogP contribution in [0.25, 0.3) is 0 Å². The maximum Gasteiger partial charge on any atom is 0.433 e. The summed E-state index contributed by atoms with van der Waals surface area (Å²) in [7, 11) is 0. The van der Waals surface area contributed by atoms with Crippen LogP contribution in [0.1, 0.15) is 32.4 Å². The summed E-state index contributed by atoms with van der Waals surface area (Å²) in [4.78, 5) is 21.1. The second-order valence-corrected chi connectivity index (χ2v) is 7.22. The zero-order valence-corrected chi connectivity index (χ0v) is 14.8. The Morgan fingerprint density at radius 3 is 2.88 bits per heavy atom. The molecule has 3 heterocycles. The molecule has 0 aromatic carbocycles. The van der Waals surface area contributed by atoms with Gasteiger partial charge in [-0.25, -0.2) is 9.97 Å². The second kappa shape index (κ2) is 7.38. The van der Waals surface area contributed by atoms with Crippen LogP contribution in [0.4, 0.5) is 19.0 Å². The Morgan fingerprint density at radius 2 is 2.19 bits per heavy atom. The fourth-order valence-corrected chi connectivity index (χ4v) is 3.74. The van der Waals surface area contributed by atoms with Crippen molar-refractivity contribution in [1.82, 2.24) is 15.3 Å². The lowest BCUT2D eigenvalue weighted by Gasteiger charge is -2.36. The normalized spacial score (nSPS) is 26.1. The fourth-order valence-electron chi connectivity index (χ4n) is 3.74. The molecule has 3 atom stereocenters. The number of nitrogens with zero attached hydrogens (tertiary/aromatic N) is 3. The topological polar surface area (TPSA) is 67.3 Å². The minimum Gasteiger partial charge on any atom is -0.377 e. The van der Waals surface area contributed by atoms with Gasteiger partial charge in [0.1, 0.15) is 17.8 Å². The minimum absolute atomic E-state index is 0.0290. The van der Waals surface area contributed by atoms with Crippen LogP contribution in [0.3, 0.4) is 0 Å². The summed E-state index contributed by atoms with van der Waals surface area (Å²) >= 11 is 0. The molecule has 2 fully saturated rings. The van der Waals surface area contributed by atoms with E-state index in [1.54, 1.807) is 0 Å². The maximum absolute atomic E-state index is 12.8. The summed E-state index contributed by atoms with van der Waals surface area (Å²) in [6, 6.07) is 1.08. The summed E-state index contributed by atoms with van der Waals surface area (Å²) in [5.74, 6) is 0.684. The van der Waals surface area contributed by atoms with Gasteiger partial charge in [-0.05, 0) is 26.2 Å². The first-order valence-electron chi connectivity index (χ1n) is 8.79. The van der Waals surface area contributed by atoms with Crippen LogP contribution in [0.15, 0.2) is 12.4 Å². The van der Waals surface area contributed by atoms with Crippen LogP contribution in [-0.2, 0) is 15.7 Å². The number of hydrogen-bond donors (Lipinski definition) is 1. The fraction of sp³-hybridized carbons (Fsp3) is 0.706. The van der Waals surface area contributed by atoms with Gasteiger partial charge >= 0.3 is 6.18 Å². The lowest BCUT2D eigenvalue weighted by atomic mass is 9.83. The van der Waals surface area contributed by atoms with Gasteiger partial charge in [0, 0.05) is 31.1 Å². The quantitative estimate of drug-likeness (QED) is 0.878. The van der Waals surface area contributed by atoms with Crippen LogP contribution in [0.2, 0.25) is 0 Å². The van der Waals surface area contributed by atoms with Crippen molar-refractivity contribution < 1.29 is 22.7 Å². The molecule has 1 aromatic rings. The van der Waals surface area contributed by atoms with E-state index in [1.807, 2.05) is 18.7 Å². The zero-order valence-electron chi connectivity index (χ0n) is 14.8. The average molecular weight is 372 g/mol. The van der Waals surface area contributed by atoms with E-state index in [4.69, 9.17) is 4.74 Å². The van der Waals surface area contributed by atoms with E-state index in [0.29, 0.717) is 26.1 Å². The highest BCUT2D eigenvalue weighted by molar-refractivity contribution is 5.76. The number of alkyl halides is 3. The molecular formula is C17H23F3N4O2. The van der Waals surface area contributed by atoms with Crippen LogP contribution in [-0.4, -0.2) is 47.7 Å². The predicted molar refractivity (Wildman–Crippen MR) is 88.5 cm³/mol. The molecule has 1 N–H and O–H groups in total. The van der Waals surface area contributed by atoms with Crippen LogP contribution < -0.4 is 10.2 Å². The number of halogens is 3. The Morgan fingerprint density at radius 1 is 1.42 bits per heavy atom. The molecule has 0 spiro atoms. The SMILES string of the molecule is CC(C)NC(=O)C[C@@H]1OC[C@H]2CN(c3cc(C(F)(F)F)ncn3)CC[C@H]21. The highest BCUT2D eigenvalue weighted by atomic mass is 19.4. The van der Waals surface area contributed by atoms with E-state index in [0.717, 1.165) is 18.8 Å². The van der Waals surface area contributed by atoms with Crippen LogP contribution in [0, 0.1) is 11.8 Å². The summed E-state index contributed by atoms with van der Waals surface area (Å²) in [5, 5.41) is 2.87. The number of aromatic nitrogens is 2. The molecule has 2 aliphatic heterocycles. The van der Waals surface area contributed by atoms with E-state index >= 15 is 0 Å². The van der Waals surface area contributed by atoms with Gasteiger partial charge in [0.2, 0.25) is 5.91 Å². The zero-order chi connectivity index (χ0) is 18.9. The lowest BCUT2D eigenvalue weighted by Crippen LogP contribution is -2.43. The van der Waals surface area contributed by atoms with Gasteiger partial charge in [0.05, 0.1) is 19.1 Å². The van der Waals surface area contributed by atoms with Crippen molar-refractivity contribution in [2.75, 3.05) is 24.6 Å².